The van der Waals surface area contributed by atoms with Crippen molar-refractivity contribution in [3.05, 3.63) is 28.2 Å². The zero-order valence-corrected chi connectivity index (χ0v) is 11.1. The summed E-state index contributed by atoms with van der Waals surface area (Å²) in [5.74, 6) is -1.08. The van der Waals surface area contributed by atoms with Crippen molar-refractivity contribution in [2.75, 3.05) is 0 Å². The largest absolute Gasteiger partial charge is 0.479 e. The molecule has 5 nitrogen and oxygen atoms in total. The Kier molecular flexibility index (Phi) is 3.56. The van der Waals surface area contributed by atoms with Gasteiger partial charge in [0.05, 0.1) is 0 Å². The molecule has 0 saturated heterocycles. The summed E-state index contributed by atoms with van der Waals surface area (Å²) in [7, 11) is 0. The molecule has 1 aliphatic rings. The van der Waals surface area contributed by atoms with Crippen LogP contribution in [0.25, 0.3) is 0 Å². The van der Waals surface area contributed by atoms with E-state index < -0.39 is 24.1 Å². The van der Waals surface area contributed by atoms with Crippen molar-refractivity contribution in [1.82, 2.24) is 0 Å². The van der Waals surface area contributed by atoms with Crippen LogP contribution in [-0.4, -0.2) is 23.1 Å². The van der Waals surface area contributed by atoms with Gasteiger partial charge in [0.25, 0.3) is 0 Å². The predicted molar refractivity (Wildman–Crippen MR) is 65.3 cm³/mol. The van der Waals surface area contributed by atoms with Crippen molar-refractivity contribution in [2.24, 2.45) is 0 Å². The topological polar surface area (TPSA) is 72.8 Å². The highest BCUT2D eigenvalue weighted by Gasteiger charge is 2.34. The van der Waals surface area contributed by atoms with Crippen LogP contribution in [0.4, 0.5) is 0 Å². The van der Waals surface area contributed by atoms with Gasteiger partial charge in [0, 0.05) is 23.4 Å². The molecule has 1 aromatic carbocycles. The summed E-state index contributed by atoms with van der Waals surface area (Å²) >= 11 is 3.32. The minimum absolute atomic E-state index is 0.109. The Morgan fingerprint density at radius 1 is 1.50 bits per heavy atom. The van der Waals surface area contributed by atoms with Gasteiger partial charge in [-0.2, -0.15) is 0 Å². The number of rotatable bonds is 2. The molecular weight excluding hydrogens is 304 g/mol. The highest BCUT2D eigenvalue weighted by molar-refractivity contribution is 9.10. The molecule has 2 rings (SSSR count). The molecule has 0 aliphatic carbocycles. The number of carboxylic acids is 1. The van der Waals surface area contributed by atoms with Gasteiger partial charge in [0.2, 0.25) is 0 Å². The molecule has 0 radical (unpaired) electrons. The molecule has 18 heavy (non-hydrogen) atoms. The Bertz CT molecular complexity index is 499. The van der Waals surface area contributed by atoms with E-state index in [4.69, 9.17) is 14.6 Å². The van der Waals surface area contributed by atoms with Crippen LogP contribution in [0, 0.1) is 0 Å². The predicted octanol–water partition coefficient (Wildman–Crippen LogP) is 2.29. The van der Waals surface area contributed by atoms with Crippen LogP contribution in [0.15, 0.2) is 22.7 Å². The third-order valence-corrected chi connectivity index (χ3v) is 3.09. The number of carboxylic acid groups (broad SMARTS) is 1. The summed E-state index contributed by atoms with van der Waals surface area (Å²) in [5.41, 5.74) is 0.678. The highest BCUT2D eigenvalue weighted by atomic mass is 79.9. The second-order valence-electron chi connectivity index (χ2n) is 3.96. The summed E-state index contributed by atoms with van der Waals surface area (Å²) in [6, 6.07) is 5.17. The van der Waals surface area contributed by atoms with Crippen molar-refractivity contribution >= 4 is 27.9 Å². The molecule has 1 N–H and O–H groups in total. The Hall–Kier alpha value is -1.56. The first kappa shape index (κ1) is 12.9. The third kappa shape index (κ3) is 2.64. The normalized spacial score (nSPS) is 21.7. The standard InChI is InChI=1S/C12H11BrO5/c1-6(14)17-10-5-11(12(15)16)18-9-3-2-7(13)4-8(9)10/h2-4,10-11H,5H2,1H3,(H,15,16). The molecule has 1 heterocycles. The fourth-order valence-corrected chi connectivity index (χ4v) is 2.24. The fraction of sp³-hybridized carbons (Fsp3) is 0.333. The van der Waals surface area contributed by atoms with E-state index in [2.05, 4.69) is 15.9 Å². The molecule has 0 fully saturated rings. The number of ether oxygens (including phenoxy) is 2. The molecule has 1 aromatic rings. The van der Waals surface area contributed by atoms with Crippen LogP contribution >= 0.6 is 15.9 Å². The Labute approximate surface area is 112 Å². The second kappa shape index (κ2) is 4.97. The lowest BCUT2D eigenvalue weighted by Crippen LogP contribution is -2.34. The monoisotopic (exact) mass is 314 g/mol. The van der Waals surface area contributed by atoms with Gasteiger partial charge in [-0.3, -0.25) is 4.79 Å². The number of fused-ring (bicyclic) bond motifs is 1. The molecule has 96 valence electrons. The lowest BCUT2D eigenvalue weighted by atomic mass is 9.99. The van der Waals surface area contributed by atoms with Gasteiger partial charge < -0.3 is 14.6 Å². The zero-order valence-electron chi connectivity index (χ0n) is 9.55. The first-order valence-electron chi connectivity index (χ1n) is 5.33. The Morgan fingerprint density at radius 2 is 2.22 bits per heavy atom. The molecule has 0 aromatic heterocycles. The van der Waals surface area contributed by atoms with Crippen LogP contribution in [0.3, 0.4) is 0 Å². The van der Waals surface area contributed by atoms with Crippen LogP contribution in [0.2, 0.25) is 0 Å². The second-order valence-corrected chi connectivity index (χ2v) is 4.88. The molecular formula is C12H11BrO5. The van der Waals surface area contributed by atoms with Crippen LogP contribution < -0.4 is 4.74 Å². The summed E-state index contributed by atoms with van der Waals surface area (Å²) in [6.07, 6.45) is -1.48. The lowest BCUT2D eigenvalue weighted by molar-refractivity contribution is -0.156. The lowest BCUT2D eigenvalue weighted by Gasteiger charge is -2.29. The van der Waals surface area contributed by atoms with E-state index in [1.807, 2.05) is 0 Å². The van der Waals surface area contributed by atoms with Crippen molar-refractivity contribution in [3.8, 4) is 5.75 Å². The number of hydrogen-bond donors (Lipinski definition) is 1. The van der Waals surface area contributed by atoms with Crippen LogP contribution in [-0.2, 0) is 14.3 Å². The van der Waals surface area contributed by atoms with Crippen molar-refractivity contribution in [2.45, 2.75) is 25.6 Å². The third-order valence-electron chi connectivity index (χ3n) is 2.60. The molecule has 1 aliphatic heterocycles. The van der Waals surface area contributed by atoms with E-state index >= 15 is 0 Å². The van der Waals surface area contributed by atoms with E-state index in [0.29, 0.717) is 11.3 Å². The van der Waals surface area contributed by atoms with Crippen molar-refractivity contribution in [3.63, 3.8) is 0 Å². The van der Waals surface area contributed by atoms with E-state index in [0.717, 1.165) is 4.47 Å². The van der Waals surface area contributed by atoms with Gasteiger partial charge in [-0.1, -0.05) is 15.9 Å². The number of carbonyl (C=O) groups excluding carboxylic acids is 1. The van der Waals surface area contributed by atoms with E-state index in [9.17, 15) is 9.59 Å². The number of hydrogen-bond acceptors (Lipinski definition) is 4. The molecule has 2 atom stereocenters. The summed E-state index contributed by atoms with van der Waals surface area (Å²) in [5, 5.41) is 9.00. The molecule has 6 heteroatoms. The van der Waals surface area contributed by atoms with Gasteiger partial charge >= 0.3 is 11.9 Å². The molecule has 0 amide bonds. The first-order valence-corrected chi connectivity index (χ1v) is 6.13. The van der Waals surface area contributed by atoms with E-state index in [1.54, 1.807) is 18.2 Å². The molecule has 2 unspecified atom stereocenters. The number of halogens is 1. The maximum absolute atomic E-state index is 11.1. The minimum Gasteiger partial charge on any atom is -0.479 e. The number of esters is 1. The number of aliphatic carboxylic acids is 1. The van der Waals surface area contributed by atoms with Crippen LogP contribution in [0.5, 0.6) is 5.75 Å². The maximum atomic E-state index is 11.1. The summed E-state index contributed by atoms with van der Waals surface area (Å²) in [4.78, 5) is 22.0. The van der Waals surface area contributed by atoms with Gasteiger partial charge in [-0.15, -0.1) is 0 Å². The first-order chi connectivity index (χ1) is 8.47. The molecule has 0 spiro atoms. The zero-order chi connectivity index (χ0) is 13.3. The number of benzene rings is 1. The highest BCUT2D eigenvalue weighted by Crippen LogP contribution is 2.38. The van der Waals surface area contributed by atoms with Gasteiger partial charge in [0.15, 0.2) is 6.10 Å². The maximum Gasteiger partial charge on any atom is 0.345 e. The van der Waals surface area contributed by atoms with Crippen molar-refractivity contribution in [1.29, 1.82) is 0 Å². The average molecular weight is 315 g/mol. The quantitative estimate of drug-likeness (QED) is 0.848. The summed E-state index contributed by atoms with van der Waals surface area (Å²) in [6.45, 7) is 1.29. The number of carbonyl (C=O) groups is 2. The van der Waals surface area contributed by atoms with Crippen molar-refractivity contribution < 1.29 is 24.2 Å². The van der Waals surface area contributed by atoms with E-state index in [1.165, 1.54) is 6.92 Å². The minimum atomic E-state index is -1.07. The van der Waals surface area contributed by atoms with Gasteiger partial charge in [-0.05, 0) is 18.2 Å². The fourth-order valence-electron chi connectivity index (χ4n) is 1.86. The Morgan fingerprint density at radius 3 is 2.83 bits per heavy atom. The molecule has 0 bridgehead atoms. The van der Waals surface area contributed by atoms with Gasteiger partial charge in [-0.25, -0.2) is 4.79 Å². The smallest absolute Gasteiger partial charge is 0.345 e. The average Bonchev–Trinajstić information content (AvgIpc) is 2.28. The molecule has 0 saturated carbocycles. The summed E-state index contributed by atoms with van der Waals surface area (Å²) < 4.78 is 11.3. The van der Waals surface area contributed by atoms with Gasteiger partial charge in [0.1, 0.15) is 11.9 Å². The van der Waals surface area contributed by atoms with E-state index in [-0.39, 0.29) is 6.42 Å². The SMILES string of the molecule is CC(=O)OC1CC(C(=O)O)Oc2ccc(Br)cc21. The Balaban J connectivity index is 2.37. The van der Waals surface area contributed by atoms with Crippen LogP contribution in [0.1, 0.15) is 25.0 Å².